The quantitative estimate of drug-likeness (QED) is 0.167. The van der Waals surface area contributed by atoms with Crippen molar-refractivity contribution in [1.29, 1.82) is 0 Å². The molecule has 47 heavy (non-hydrogen) atoms. The molecule has 0 atom stereocenters. The van der Waals surface area contributed by atoms with Crippen LogP contribution < -0.4 is 0 Å². The Morgan fingerprint density at radius 2 is 1.43 bits per heavy atom. The van der Waals surface area contributed by atoms with Crippen molar-refractivity contribution in [2.75, 3.05) is 0 Å². The Balaban J connectivity index is 0.000000217. The molecule has 8 rings (SSSR count). The average Bonchev–Trinajstić information content (AvgIpc) is 3.44. The first-order chi connectivity index (χ1) is 22.4. The van der Waals surface area contributed by atoms with Gasteiger partial charge in [0.15, 0.2) is 0 Å². The molecule has 0 N–H and O–H groups in total. The van der Waals surface area contributed by atoms with Gasteiger partial charge in [-0.3, -0.25) is 0 Å². The number of benzene rings is 4. The van der Waals surface area contributed by atoms with E-state index >= 15 is 0 Å². The zero-order valence-electron chi connectivity index (χ0n) is 27.0. The smallest absolute Gasteiger partial charge is 0.216 e. The van der Waals surface area contributed by atoms with Crippen molar-refractivity contribution in [3.63, 3.8) is 0 Å². The molecule has 5 heteroatoms. The van der Waals surface area contributed by atoms with Crippen molar-refractivity contribution in [2.45, 2.75) is 34.6 Å². The third-order valence-electron chi connectivity index (χ3n) is 8.36. The summed E-state index contributed by atoms with van der Waals surface area (Å²) < 4.78 is 6.20. The first-order valence-corrected chi connectivity index (χ1v) is 15.4. The second-order valence-electron chi connectivity index (χ2n) is 11.9. The Labute approximate surface area is 288 Å². The van der Waals surface area contributed by atoms with E-state index in [2.05, 4.69) is 104 Å². The van der Waals surface area contributed by atoms with E-state index in [-0.39, 0.29) is 20.1 Å². The third-order valence-corrected chi connectivity index (χ3v) is 8.36. The van der Waals surface area contributed by atoms with E-state index in [0.717, 1.165) is 50.1 Å². The molecule has 0 aliphatic rings. The van der Waals surface area contributed by atoms with Crippen LogP contribution in [0.5, 0.6) is 0 Å². The van der Waals surface area contributed by atoms with Gasteiger partial charge in [0.25, 0.3) is 0 Å². The summed E-state index contributed by atoms with van der Waals surface area (Å²) in [5.74, 6) is 0. The summed E-state index contributed by atoms with van der Waals surface area (Å²) in [6.45, 7) is 10.3. The standard InChI is InChI=1S/C29H21N2O.C13H12N.Ir/c1-17-7-4-8-20-9-5-10-21(27(17)20)25-15-26(30-16-18(25)2)24-12-6-11-22-23-14-13-19(3)31-29(23)32-28(22)24;1-10-3-6-12(7-4-10)13-8-5-11(2)9-14-13;/h4-11,13-16H,1-3H3;3-6,8-9H,1-2H3;/q2*-1;. The van der Waals surface area contributed by atoms with Gasteiger partial charge in [-0.25, -0.2) is 4.98 Å². The van der Waals surface area contributed by atoms with Crippen molar-refractivity contribution < 1.29 is 24.5 Å². The number of aromatic nitrogens is 3. The fourth-order valence-corrected chi connectivity index (χ4v) is 5.90. The fraction of sp³-hybridized carbons (Fsp3) is 0.119. The molecular weight excluding hydrogens is 755 g/mol. The predicted octanol–water partition coefficient (Wildman–Crippen LogP) is 10.8. The molecular formula is C42H33IrN3O-2. The topological polar surface area (TPSA) is 51.8 Å². The molecule has 0 bridgehead atoms. The van der Waals surface area contributed by atoms with E-state index in [0.29, 0.717) is 5.71 Å². The molecule has 0 saturated heterocycles. The third kappa shape index (κ3) is 6.38. The van der Waals surface area contributed by atoms with E-state index in [4.69, 9.17) is 9.40 Å². The minimum Gasteiger partial charge on any atom is -0.486 e. The predicted molar refractivity (Wildman–Crippen MR) is 189 cm³/mol. The normalized spacial score (nSPS) is 10.9. The van der Waals surface area contributed by atoms with Crippen molar-refractivity contribution in [3.05, 3.63) is 150 Å². The number of pyridine rings is 3. The van der Waals surface area contributed by atoms with Gasteiger partial charge in [0.05, 0.1) is 5.58 Å². The van der Waals surface area contributed by atoms with Gasteiger partial charge in [-0.1, -0.05) is 72.5 Å². The number of aryl methyl sites for hydroxylation is 5. The van der Waals surface area contributed by atoms with Crippen LogP contribution in [0.4, 0.5) is 0 Å². The second kappa shape index (κ2) is 13.4. The monoisotopic (exact) mass is 788 g/mol. The number of hydrogen-bond donors (Lipinski definition) is 0. The maximum Gasteiger partial charge on any atom is 0.216 e. The number of nitrogens with zero attached hydrogens (tertiary/aromatic N) is 3. The van der Waals surface area contributed by atoms with Gasteiger partial charge in [-0.2, -0.15) is 0 Å². The zero-order valence-corrected chi connectivity index (χ0v) is 29.4. The maximum absolute atomic E-state index is 6.20. The van der Waals surface area contributed by atoms with Gasteiger partial charge in [0.2, 0.25) is 5.71 Å². The van der Waals surface area contributed by atoms with Crippen LogP contribution in [0.25, 0.3) is 66.5 Å². The van der Waals surface area contributed by atoms with Crippen LogP contribution in [0.15, 0.2) is 114 Å². The summed E-state index contributed by atoms with van der Waals surface area (Å²) in [5.41, 5.74) is 13.3. The molecule has 4 aromatic carbocycles. The summed E-state index contributed by atoms with van der Waals surface area (Å²) >= 11 is 0. The molecule has 0 saturated carbocycles. The Morgan fingerprint density at radius 3 is 2.19 bits per heavy atom. The summed E-state index contributed by atoms with van der Waals surface area (Å²) in [6, 6.07) is 39.9. The molecule has 4 heterocycles. The minimum atomic E-state index is 0. The fourth-order valence-electron chi connectivity index (χ4n) is 5.90. The van der Waals surface area contributed by atoms with E-state index in [1.165, 1.54) is 38.6 Å². The SMILES string of the molecule is Cc1c[c-]c(-c2ccc(C)cn2)cc1.Cc1ccc2c(n1)oc1c(-c3cc(-c4cccc5cccc(C)c45)c(C)cn3)[c-]ccc12.[Ir]. The van der Waals surface area contributed by atoms with Crippen LogP contribution in [0.2, 0.25) is 0 Å². The van der Waals surface area contributed by atoms with Gasteiger partial charge in [0.1, 0.15) is 0 Å². The van der Waals surface area contributed by atoms with E-state index in [1.807, 2.05) is 62.6 Å². The van der Waals surface area contributed by atoms with Crippen molar-refractivity contribution in [3.8, 4) is 33.6 Å². The van der Waals surface area contributed by atoms with Crippen LogP contribution in [0.3, 0.4) is 0 Å². The van der Waals surface area contributed by atoms with Crippen LogP contribution in [0, 0.1) is 46.8 Å². The summed E-state index contributed by atoms with van der Waals surface area (Å²) in [6.07, 6.45) is 3.82. The average molecular weight is 788 g/mol. The van der Waals surface area contributed by atoms with Gasteiger partial charge in [0, 0.05) is 43.6 Å². The van der Waals surface area contributed by atoms with Gasteiger partial charge in [-0.05, 0) is 89.8 Å². The summed E-state index contributed by atoms with van der Waals surface area (Å²) in [5, 5.41) is 4.57. The summed E-state index contributed by atoms with van der Waals surface area (Å²) in [4.78, 5) is 13.7. The number of fused-ring (bicyclic) bond motifs is 4. The first kappa shape index (κ1) is 32.0. The van der Waals surface area contributed by atoms with Crippen molar-refractivity contribution >= 4 is 32.8 Å². The molecule has 4 aromatic heterocycles. The van der Waals surface area contributed by atoms with Crippen LogP contribution >= 0.6 is 0 Å². The largest absolute Gasteiger partial charge is 0.486 e. The molecule has 4 nitrogen and oxygen atoms in total. The first-order valence-electron chi connectivity index (χ1n) is 15.4. The maximum atomic E-state index is 6.20. The molecule has 8 aromatic rings. The number of hydrogen-bond acceptors (Lipinski definition) is 4. The van der Waals surface area contributed by atoms with E-state index < -0.39 is 0 Å². The molecule has 0 aliphatic carbocycles. The second-order valence-corrected chi connectivity index (χ2v) is 11.9. The Bertz CT molecular complexity index is 2310. The number of furan rings is 1. The van der Waals surface area contributed by atoms with Crippen LogP contribution in [-0.2, 0) is 20.1 Å². The molecule has 0 unspecified atom stereocenters. The van der Waals surface area contributed by atoms with E-state index in [1.54, 1.807) is 0 Å². The Hall–Kier alpha value is -4.96. The molecule has 0 amide bonds. The molecule has 1 radical (unpaired) electrons. The van der Waals surface area contributed by atoms with Crippen molar-refractivity contribution in [2.24, 2.45) is 0 Å². The number of rotatable bonds is 3. The van der Waals surface area contributed by atoms with Crippen molar-refractivity contribution in [1.82, 2.24) is 15.0 Å². The minimum absolute atomic E-state index is 0. The molecule has 0 spiro atoms. The van der Waals surface area contributed by atoms with E-state index in [9.17, 15) is 0 Å². The van der Waals surface area contributed by atoms with Gasteiger partial charge in [-0.15, -0.1) is 53.6 Å². The van der Waals surface area contributed by atoms with Gasteiger partial charge >= 0.3 is 0 Å². The Morgan fingerprint density at radius 1 is 0.638 bits per heavy atom. The molecule has 0 aliphatic heterocycles. The van der Waals surface area contributed by atoms with Gasteiger partial charge < -0.3 is 14.4 Å². The molecule has 0 fully saturated rings. The summed E-state index contributed by atoms with van der Waals surface area (Å²) in [7, 11) is 0. The van der Waals surface area contributed by atoms with Crippen LogP contribution in [-0.4, -0.2) is 15.0 Å². The van der Waals surface area contributed by atoms with Crippen LogP contribution in [0.1, 0.15) is 27.9 Å². The Kier molecular flexibility index (Phi) is 9.13. The molecule has 233 valence electrons. The zero-order chi connectivity index (χ0) is 31.8.